The average molecular weight is 615 g/mol. The van der Waals surface area contributed by atoms with E-state index >= 15 is 0 Å². The summed E-state index contributed by atoms with van der Waals surface area (Å²) in [6.45, 7) is 12.2. The van der Waals surface area contributed by atoms with E-state index in [9.17, 15) is 19.8 Å². The summed E-state index contributed by atoms with van der Waals surface area (Å²) < 4.78 is 7.88. The van der Waals surface area contributed by atoms with Crippen LogP contribution >= 0.6 is 11.6 Å². The molecule has 44 heavy (non-hydrogen) atoms. The van der Waals surface area contributed by atoms with Crippen LogP contribution in [0.4, 0.5) is 0 Å². The quantitative estimate of drug-likeness (QED) is 0.253. The van der Waals surface area contributed by atoms with Gasteiger partial charge in [0.05, 0.1) is 17.7 Å². The van der Waals surface area contributed by atoms with Crippen molar-refractivity contribution in [3.05, 3.63) is 95.2 Å². The number of aliphatic hydroxyl groups is 2. The third kappa shape index (κ3) is 5.15. The summed E-state index contributed by atoms with van der Waals surface area (Å²) in [5.74, 6) is -2.05. The van der Waals surface area contributed by atoms with Crippen LogP contribution in [0.5, 0.6) is 0 Å². The zero-order valence-electron chi connectivity index (χ0n) is 25.5. The fraction of sp³-hybridized carbons (Fsp3) is 0.417. The molecule has 6 rings (SSSR count). The van der Waals surface area contributed by atoms with E-state index in [4.69, 9.17) is 21.4 Å². The lowest BCUT2D eigenvalue weighted by Crippen LogP contribution is -2.52. The first kappa shape index (κ1) is 30.5. The van der Waals surface area contributed by atoms with E-state index in [-0.39, 0.29) is 23.3 Å². The van der Waals surface area contributed by atoms with Gasteiger partial charge in [-0.2, -0.15) is 5.10 Å². The van der Waals surface area contributed by atoms with Crippen LogP contribution in [0.25, 0.3) is 16.9 Å². The van der Waals surface area contributed by atoms with Crippen LogP contribution in [-0.4, -0.2) is 49.6 Å². The van der Waals surface area contributed by atoms with E-state index in [1.807, 2.05) is 36.4 Å². The van der Waals surface area contributed by atoms with Crippen LogP contribution in [0.2, 0.25) is 5.02 Å². The van der Waals surface area contributed by atoms with Crippen LogP contribution in [0.3, 0.4) is 0 Å². The number of carbonyl (C=O) groups excluding carboxylic acids is 2. The summed E-state index contributed by atoms with van der Waals surface area (Å²) in [5.41, 5.74) is 1.17. The Labute approximate surface area is 263 Å². The molecule has 0 amide bonds. The number of Topliss-reactive ketones (excluding diaryl/α,β-unsaturated/α-hetero) is 1. The van der Waals surface area contributed by atoms with E-state index in [0.717, 1.165) is 12.1 Å². The van der Waals surface area contributed by atoms with Gasteiger partial charge in [0, 0.05) is 16.8 Å². The molecule has 7 nitrogen and oxygen atoms in total. The molecule has 2 N–H and O–H groups in total. The van der Waals surface area contributed by atoms with E-state index in [1.165, 1.54) is 0 Å². The van der Waals surface area contributed by atoms with Gasteiger partial charge in [-0.25, -0.2) is 9.48 Å². The van der Waals surface area contributed by atoms with Crippen molar-refractivity contribution in [2.75, 3.05) is 0 Å². The molecule has 7 atom stereocenters. The maximum atomic E-state index is 14.2. The molecule has 2 aromatic carbocycles. The van der Waals surface area contributed by atoms with Crippen molar-refractivity contribution < 1.29 is 24.5 Å². The molecule has 0 spiro atoms. The number of fused-ring (bicyclic) bond motifs is 2. The number of hydrogen-bond acceptors (Lipinski definition) is 6. The predicted molar refractivity (Wildman–Crippen MR) is 169 cm³/mol. The molecule has 0 unspecified atom stereocenters. The predicted octanol–water partition coefficient (Wildman–Crippen LogP) is 6.60. The lowest BCUT2D eigenvalue weighted by atomic mass is 9.77. The first-order valence-corrected chi connectivity index (χ1v) is 15.6. The van der Waals surface area contributed by atoms with E-state index < -0.39 is 41.4 Å². The number of esters is 1. The second kappa shape index (κ2) is 11.1. The minimum absolute atomic E-state index is 0.0111. The molecule has 1 aromatic heterocycles. The molecule has 0 aliphatic heterocycles. The number of para-hydroxylation sites is 1. The Morgan fingerprint density at radius 1 is 1.14 bits per heavy atom. The molecule has 230 valence electrons. The van der Waals surface area contributed by atoms with Gasteiger partial charge in [-0.15, -0.1) is 0 Å². The van der Waals surface area contributed by atoms with Crippen LogP contribution in [0, 0.1) is 29.1 Å². The molecular weight excluding hydrogens is 576 g/mol. The first-order valence-electron chi connectivity index (χ1n) is 15.3. The highest BCUT2D eigenvalue weighted by atomic mass is 35.5. The van der Waals surface area contributed by atoms with Gasteiger partial charge in [-0.1, -0.05) is 75.4 Å². The van der Waals surface area contributed by atoms with Crippen molar-refractivity contribution in [2.45, 2.75) is 64.8 Å². The van der Waals surface area contributed by atoms with Crippen molar-refractivity contribution in [1.82, 2.24) is 9.78 Å². The summed E-state index contributed by atoms with van der Waals surface area (Å²) in [7, 11) is 0. The number of nitrogens with zero attached hydrogens (tertiary/aromatic N) is 2. The van der Waals surface area contributed by atoms with E-state index in [2.05, 4.69) is 20.4 Å². The fourth-order valence-electron chi connectivity index (χ4n) is 7.54. The van der Waals surface area contributed by atoms with Crippen molar-refractivity contribution >= 4 is 23.4 Å². The number of ketones is 1. The average Bonchev–Trinajstić information content (AvgIpc) is 3.27. The third-order valence-corrected chi connectivity index (χ3v) is 10.5. The molecule has 0 bridgehead atoms. The number of benzene rings is 2. The lowest BCUT2D eigenvalue weighted by Gasteiger charge is -2.36. The van der Waals surface area contributed by atoms with Crippen molar-refractivity contribution in [1.29, 1.82) is 0 Å². The SMILES string of the molecule is C=C1CC[C@H]2[C@@H](/C=C(\C)C(=O)[C@@]3(O)C[C@H](C)[C@H](O)[C@@H]3[C@H]1OC(=O)c1cn(-c3ccccc3)nc1-c1ccc(Cl)cc1)C2(C)C. The number of rotatable bonds is 4. The van der Waals surface area contributed by atoms with Crippen LogP contribution in [0.1, 0.15) is 57.3 Å². The first-order chi connectivity index (χ1) is 20.8. The number of hydrogen-bond donors (Lipinski definition) is 2. The molecule has 0 saturated heterocycles. The molecule has 2 saturated carbocycles. The number of allylic oxidation sites excluding steroid dienone is 1. The largest absolute Gasteiger partial charge is 0.454 e. The minimum Gasteiger partial charge on any atom is -0.454 e. The molecule has 3 aromatic rings. The van der Waals surface area contributed by atoms with Gasteiger partial charge in [0.1, 0.15) is 23.0 Å². The number of carbonyl (C=O) groups is 2. The molecule has 2 fully saturated rings. The Morgan fingerprint density at radius 2 is 1.82 bits per heavy atom. The number of aromatic nitrogens is 2. The molecule has 8 heteroatoms. The smallest absolute Gasteiger partial charge is 0.342 e. The lowest BCUT2D eigenvalue weighted by molar-refractivity contribution is -0.144. The molecule has 3 aliphatic rings. The van der Waals surface area contributed by atoms with Gasteiger partial charge in [0.15, 0.2) is 5.78 Å². The minimum atomic E-state index is -1.92. The second-order valence-corrected chi connectivity index (χ2v) is 13.9. The second-order valence-electron chi connectivity index (χ2n) is 13.5. The molecule has 3 aliphatic carbocycles. The van der Waals surface area contributed by atoms with Crippen molar-refractivity contribution in [3.63, 3.8) is 0 Å². The summed E-state index contributed by atoms with van der Waals surface area (Å²) in [6, 6.07) is 16.4. The van der Waals surface area contributed by atoms with Gasteiger partial charge >= 0.3 is 5.97 Å². The maximum Gasteiger partial charge on any atom is 0.342 e. The number of halogens is 1. The van der Waals surface area contributed by atoms with Crippen LogP contribution < -0.4 is 0 Å². The van der Waals surface area contributed by atoms with Gasteiger partial charge in [0.2, 0.25) is 0 Å². The number of aliphatic hydroxyl groups excluding tert-OH is 1. The monoisotopic (exact) mass is 614 g/mol. The third-order valence-electron chi connectivity index (χ3n) is 10.3. The summed E-state index contributed by atoms with van der Waals surface area (Å²) in [4.78, 5) is 28.1. The zero-order valence-corrected chi connectivity index (χ0v) is 26.3. The van der Waals surface area contributed by atoms with Crippen molar-refractivity contribution in [2.24, 2.45) is 29.1 Å². The summed E-state index contributed by atoms with van der Waals surface area (Å²) >= 11 is 6.15. The summed E-state index contributed by atoms with van der Waals surface area (Å²) in [6.07, 6.45) is 2.81. The van der Waals surface area contributed by atoms with Gasteiger partial charge in [-0.3, -0.25) is 4.79 Å². The van der Waals surface area contributed by atoms with E-state index in [0.29, 0.717) is 39.8 Å². The highest BCUT2D eigenvalue weighted by Gasteiger charge is 2.61. The Hall–Kier alpha value is -3.52. The zero-order chi connectivity index (χ0) is 31.6. The highest BCUT2D eigenvalue weighted by Crippen LogP contribution is 2.62. The van der Waals surface area contributed by atoms with Gasteiger partial charge in [0.25, 0.3) is 0 Å². The molecule has 1 heterocycles. The Balaban J connectivity index is 1.42. The van der Waals surface area contributed by atoms with Crippen LogP contribution in [0.15, 0.2) is 84.6 Å². The maximum absolute atomic E-state index is 14.2. The topological polar surface area (TPSA) is 102 Å². The highest BCUT2D eigenvalue weighted by molar-refractivity contribution is 6.30. The normalized spacial score (nSPS) is 32.6. The molecule has 0 radical (unpaired) electrons. The Kier molecular flexibility index (Phi) is 7.71. The van der Waals surface area contributed by atoms with E-state index in [1.54, 1.807) is 49.0 Å². The van der Waals surface area contributed by atoms with Crippen molar-refractivity contribution in [3.8, 4) is 16.9 Å². The Morgan fingerprint density at radius 3 is 2.50 bits per heavy atom. The standard InChI is InChI=1S/C36H39ClN2O5/c1-20-11-16-27-28(35(27,4)5)17-21(2)33(41)36(43)18-22(3)31(40)29(36)32(20)44-34(42)26-19-39(25-9-7-6-8-10-25)38-30(26)23-12-14-24(37)15-13-23/h6-10,12-15,17,19,22,27-29,31-32,40,43H,1,11,16,18H2,2-5H3/b21-17+/t22-,27-,28+,29+,31-,32-,36+/m0/s1. The summed E-state index contributed by atoms with van der Waals surface area (Å²) in [5, 5.41) is 28.8. The Bertz CT molecular complexity index is 1640. The van der Waals surface area contributed by atoms with Gasteiger partial charge in [-0.05, 0) is 84.8 Å². The van der Waals surface area contributed by atoms with Crippen LogP contribution in [-0.2, 0) is 9.53 Å². The fourth-order valence-corrected chi connectivity index (χ4v) is 7.67. The number of ether oxygens (including phenoxy) is 1. The van der Waals surface area contributed by atoms with Gasteiger partial charge < -0.3 is 14.9 Å². The molecular formula is C36H39ClN2O5.